The van der Waals surface area contributed by atoms with Crippen molar-refractivity contribution in [3.63, 3.8) is 0 Å². The zero-order valence-electron chi connectivity index (χ0n) is 16.0. The Balaban J connectivity index is 2.08. The van der Waals surface area contributed by atoms with Gasteiger partial charge in [-0.05, 0) is 48.0 Å². The summed E-state index contributed by atoms with van der Waals surface area (Å²) in [5, 5.41) is 13.0. The Morgan fingerprint density at radius 2 is 1.93 bits per heavy atom. The standard InChI is InChI=1S/C22H19ClN4O2/c1-27(2)22(28)29-19-11-10-17(23)13-18(19)21(26-20-5-3-4-12-25-20)16-8-6-15(14-24)7-9-16/h3-13,21H,1-2H3,(H,25,26). The summed E-state index contributed by atoms with van der Waals surface area (Å²) in [7, 11) is 3.23. The van der Waals surface area contributed by atoms with Crippen LogP contribution in [0.3, 0.4) is 0 Å². The Bertz CT molecular complexity index is 1030. The molecule has 7 heteroatoms. The van der Waals surface area contributed by atoms with E-state index in [2.05, 4.69) is 16.4 Å². The number of rotatable bonds is 5. The predicted molar refractivity (Wildman–Crippen MR) is 112 cm³/mol. The summed E-state index contributed by atoms with van der Waals surface area (Å²) in [5.41, 5.74) is 2.08. The van der Waals surface area contributed by atoms with E-state index in [0.717, 1.165) is 5.56 Å². The van der Waals surface area contributed by atoms with E-state index in [-0.39, 0.29) is 0 Å². The molecule has 0 fully saturated rings. The molecule has 3 rings (SSSR count). The van der Waals surface area contributed by atoms with Gasteiger partial charge >= 0.3 is 6.09 Å². The second kappa shape index (κ2) is 9.09. The van der Waals surface area contributed by atoms with Crippen LogP contribution in [0.15, 0.2) is 66.9 Å². The lowest BCUT2D eigenvalue weighted by Crippen LogP contribution is -2.26. The van der Waals surface area contributed by atoms with E-state index in [1.54, 1.807) is 50.6 Å². The second-order valence-electron chi connectivity index (χ2n) is 6.47. The molecule has 0 aliphatic carbocycles. The molecule has 2 aromatic carbocycles. The van der Waals surface area contributed by atoms with Crippen LogP contribution in [-0.4, -0.2) is 30.1 Å². The molecule has 146 valence electrons. The van der Waals surface area contributed by atoms with E-state index in [1.165, 1.54) is 4.90 Å². The molecular formula is C22H19ClN4O2. The minimum Gasteiger partial charge on any atom is -0.410 e. The zero-order valence-corrected chi connectivity index (χ0v) is 16.7. The van der Waals surface area contributed by atoms with E-state index >= 15 is 0 Å². The smallest absolute Gasteiger partial charge is 0.410 e. The average Bonchev–Trinajstić information content (AvgIpc) is 2.74. The highest BCUT2D eigenvalue weighted by molar-refractivity contribution is 6.30. The largest absolute Gasteiger partial charge is 0.414 e. The number of nitrogens with one attached hydrogen (secondary N) is 1. The molecule has 6 nitrogen and oxygen atoms in total. The number of ether oxygens (including phenoxy) is 1. The number of anilines is 1. The molecule has 0 aliphatic heterocycles. The molecule has 3 aromatic rings. The molecule has 1 aromatic heterocycles. The van der Waals surface area contributed by atoms with Gasteiger partial charge < -0.3 is 15.0 Å². The maximum atomic E-state index is 12.2. The van der Waals surface area contributed by atoms with Crippen molar-refractivity contribution in [1.82, 2.24) is 9.88 Å². The number of hydrogen-bond donors (Lipinski definition) is 1. The van der Waals surface area contributed by atoms with Crippen LogP contribution in [0.2, 0.25) is 5.02 Å². The first-order valence-electron chi connectivity index (χ1n) is 8.84. The quantitative estimate of drug-likeness (QED) is 0.654. The summed E-state index contributed by atoms with van der Waals surface area (Å²) in [4.78, 5) is 17.8. The van der Waals surface area contributed by atoms with Crippen LogP contribution in [-0.2, 0) is 0 Å². The second-order valence-corrected chi connectivity index (χ2v) is 6.91. The summed E-state index contributed by atoms with van der Waals surface area (Å²) in [6.07, 6.45) is 1.19. The number of carbonyl (C=O) groups is 1. The molecular weight excluding hydrogens is 388 g/mol. The fourth-order valence-electron chi connectivity index (χ4n) is 2.71. The highest BCUT2D eigenvalue weighted by Crippen LogP contribution is 2.35. The molecule has 29 heavy (non-hydrogen) atoms. The summed E-state index contributed by atoms with van der Waals surface area (Å²) in [6.45, 7) is 0. The highest BCUT2D eigenvalue weighted by Gasteiger charge is 2.22. The Morgan fingerprint density at radius 1 is 1.17 bits per heavy atom. The maximum absolute atomic E-state index is 12.2. The van der Waals surface area contributed by atoms with Crippen molar-refractivity contribution in [2.75, 3.05) is 19.4 Å². The van der Waals surface area contributed by atoms with Gasteiger partial charge in [0.05, 0.1) is 17.7 Å². The van der Waals surface area contributed by atoms with Gasteiger partial charge in [0.15, 0.2) is 0 Å². The van der Waals surface area contributed by atoms with Crippen LogP contribution in [0.25, 0.3) is 0 Å². The third kappa shape index (κ3) is 5.03. The van der Waals surface area contributed by atoms with Crippen LogP contribution in [0.1, 0.15) is 22.7 Å². The van der Waals surface area contributed by atoms with Crippen molar-refractivity contribution < 1.29 is 9.53 Å². The van der Waals surface area contributed by atoms with Gasteiger partial charge in [-0.2, -0.15) is 5.26 Å². The lowest BCUT2D eigenvalue weighted by Gasteiger charge is -2.23. The molecule has 0 saturated heterocycles. The number of aromatic nitrogens is 1. The van der Waals surface area contributed by atoms with E-state index in [4.69, 9.17) is 21.6 Å². The molecule has 0 spiro atoms. The van der Waals surface area contributed by atoms with Gasteiger partial charge in [0.2, 0.25) is 0 Å². The number of amides is 1. The van der Waals surface area contributed by atoms with Crippen LogP contribution in [0.4, 0.5) is 10.6 Å². The Hall–Kier alpha value is -3.56. The number of carbonyl (C=O) groups excluding carboxylic acids is 1. The van der Waals surface area contributed by atoms with Gasteiger partial charge in [0.25, 0.3) is 0 Å². The summed E-state index contributed by atoms with van der Waals surface area (Å²) in [5.74, 6) is 1.03. The first-order valence-corrected chi connectivity index (χ1v) is 9.22. The molecule has 0 radical (unpaired) electrons. The van der Waals surface area contributed by atoms with Gasteiger partial charge in [-0.15, -0.1) is 0 Å². The minimum atomic E-state index is -0.495. The van der Waals surface area contributed by atoms with Crippen molar-refractivity contribution in [2.45, 2.75) is 6.04 Å². The third-order valence-electron chi connectivity index (χ3n) is 4.18. The number of nitriles is 1. The van der Waals surface area contributed by atoms with Gasteiger partial charge in [0, 0.05) is 30.9 Å². The topological polar surface area (TPSA) is 78.2 Å². The average molecular weight is 407 g/mol. The predicted octanol–water partition coefficient (Wildman–Crippen LogP) is 4.87. The summed E-state index contributed by atoms with van der Waals surface area (Å²) >= 11 is 6.26. The SMILES string of the molecule is CN(C)C(=O)Oc1ccc(Cl)cc1C(Nc1ccccn1)c1ccc(C#N)cc1. The number of benzene rings is 2. The van der Waals surface area contributed by atoms with E-state index < -0.39 is 12.1 Å². The minimum absolute atomic E-state index is 0.380. The van der Waals surface area contributed by atoms with Crippen molar-refractivity contribution in [1.29, 1.82) is 5.26 Å². The highest BCUT2D eigenvalue weighted by atomic mass is 35.5. The van der Waals surface area contributed by atoms with Crippen LogP contribution in [0, 0.1) is 11.3 Å². The van der Waals surface area contributed by atoms with Crippen molar-refractivity contribution in [3.8, 4) is 11.8 Å². The summed E-state index contributed by atoms with van der Waals surface area (Å²) in [6, 6.07) is 19.5. The fraction of sp³-hybridized carbons (Fsp3) is 0.136. The van der Waals surface area contributed by atoms with Crippen LogP contribution in [0.5, 0.6) is 5.75 Å². The molecule has 0 bridgehead atoms. The van der Waals surface area contributed by atoms with Crippen LogP contribution >= 0.6 is 11.6 Å². The van der Waals surface area contributed by atoms with Gasteiger partial charge in [-0.3, -0.25) is 0 Å². The van der Waals surface area contributed by atoms with E-state index in [9.17, 15) is 4.79 Å². The van der Waals surface area contributed by atoms with Gasteiger partial charge in [-0.1, -0.05) is 29.8 Å². The van der Waals surface area contributed by atoms with Crippen LogP contribution < -0.4 is 10.1 Å². The lowest BCUT2D eigenvalue weighted by molar-refractivity contribution is 0.171. The third-order valence-corrected chi connectivity index (χ3v) is 4.41. The molecule has 0 saturated carbocycles. The molecule has 1 atom stereocenters. The van der Waals surface area contributed by atoms with E-state index in [1.807, 2.05) is 30.3 Å². The lowest BCUT2D eigenvalue weighted by atomic mass is 9.96. The Kier molecular flexibility index (Phi) is 6.32. The number of pyridine rings is 1. The summed E-state index contributed by atoms with van der Waals surface area (Å²) < 4.78 is 5.56. The Morgan fingerprint density at radius 3 is 2.55 bits per heavy atom. The molecule has 1 N–H and O–H groups in total. The monoisotopic (exact) mass is 406 g/mol. The van der Waals surface area contributed by atoms with E-state index in [0.29, 0.717) is 27.7 Å². The molecule has 0 aliphatic rings. The number of halogens is 1. The Labute approximate surface area is 174 Å². The van der Waals surface area contributed by atoms with Crippen molar-refractivity contribution in [3.05, 3.63) is 88.6 Å². The first-order chi connectivity index (χ1) is 14.0. The molecule has 1 amide bonds. The molecule has 1 heterocycles. The number of hydrogen-bond acceptors (Lipinski definition) is 5. The molecule has 1 unspecified atom stereocenters. The van der Waals surface area contributed by atoms with Gasteiger partial charge in [-0.25, -0.2) is 9.78 Å². The van der Waals surface area contributed by atoms with Crippen molar-refractivity contribution >= 4 is 23.5 Å². The number of nitrogens with zero attached hydrogens (tertiary/aromatic N) is 3. The van der Waals surface area contributed by atoms with Gasteiger partial charge in [0.1, 0.15) is 11.6 Å². The maximum Gasteiger partial charge on any atom is 0.414 e. The zero-order chi connectivity index (χ0) is 20.8. The first kappa shape index (κ1) is 20.2. The normalized spacial score (nSPS) is 11.2. The fourth-order valence-corrected chi connectivity index (χ4v) is 2.89. The van der Waals surface area contributed by atoms with Crippen molar-refractivity contribution in [2.24, 2.45) is 0 Å².